The Morgan fingerprint density at radius 3 is 1.67 bits per heavy atom. The normalized spacial score (nSPS) is 3.33. The Balaban J connectivity index is -0.0000000275. The number of hydrogen-bond donors (Lipinski definition) is 0. The Bertz CT molecular complexity index is 21.0. The molecule has 0 bridgehead atoms. The van der Waals surface area contributed by atoms with Crippen LogP contribution in [0.15, 0.2) is 0 Å². The molecule has 1 atom stereocenters. The molecule has 42 valence electrons. The number of halogens is 1. The van der Waals surface area contributed by atoms with Crippen molar-refractivity contribution in [1.82, 2.24) is 0 Å². The molecule has 0 aliphatic rings. The van der Waals surface area contributed by atoms with Crippen LogP contribution in [0.1, 0.15) is 6.92 Å². The summed E-state index contributed by atoms with van der Waals surface area (Å²) in [6, 6.07) is 0. The summed E-state index contributed by atoms with van der Waals surface area (Å²) >= 11 is 4.86. The first-order valence-electron chi connectivity index (χ1n) is 0.824. The summed E-state index contributed by atoms with van der Waals surface area (Å²) in [6.45, 7) is 1.32. The van der Waals surface area contributed by atoms with Crippen LogP contribution in [0.25, 0.3) is 0 Å². The fourth-order valence-electron chi connectivity index (χ4n) is 0. The first-order chi connectivity index (χ1) is 2.41. The maximum atomic E-state index is 8.68. The minimum atomic E-state index is 0. The van der Waals surface area contributed by atoms with Crippen molar-refractivity contribution >= 4 is 29.5 Å². The van der Waals surface area contributed by atoms with Gasteiger partial charge in [-0.15, -0.1) is 0 Å². The van der Waals surface area contributed by atoms with Gasteiger partial charge in [0.25, 0.3) is 0 Å². The van der Waals surface area contributed by atoms with Gasteiger partial charge in [-0.05, 0) is 0 Å². The van der Waals surface area contributed by atoms with E-state index in [9.17, 15) is 0 Å². The molecule has 0 spiro atoms. The summed E-state index contributed by atoms with van der Waals surface area (Å²) in [5.74, 6) is 0. The maximum absolute atomic E-state index is 8.68. The van der Waals surface area contributed by atoms with E-state index >= 15 is 0 Å². The van der Waals surface area contributed by atoms with E-state index in [1.807, 2.05) is 17.8 Å². The molecule has 0 aliphatic carbocycles. The molecule has 0 radical (unpaired) electrons. The third kappa shape index (κ3) is 59.7. The van der Waals surface area contributed by atoms with Crippen molar-refractivity contribution in [3.05, 3.63) is 0 Å². The zero-order valence-corrected chi connectivity index (χ0v) is 8.58. The van der Waals surface area contributed by atoms with Crippen molar-refractivity contribution in [2.45, 2.75) is 6.92 Å². The molecule has 0 aromatic heterocycles. The van der Waals surface area contributed by atoms with Crippen LogP contribution in [0.5, 0.6) is 0 Å². The molecule has 0 N–H and O–H groups in total. The van der Waals surface area contributed by atoms with Gasteiger partial charge in [0, 0.05) is 0 Å². The van der Waals surface area contributed by atoms with Crippen molar-refractivity contribution in [1.29, 1.82) is 0 Å². The minimum absolute atomic E-state index is 0. The first kappa shape index (κ1) is 15.7. The summed E-state index contributed by atoms with van der Waals surface area (Å²) in [5, 5.41) is 0. The van der Waals surface area contributed by atoms with Crippen molar-refractivity contribution in [3.8, 4) is 0 Å². The fraction of sp³-hybridized carbons (Fsp3) is 0.500. The standard InChI is InChI=1S/C2H3O.BrH.H3P.Pt/c1-2-3;;;/h1H3;1H;1H3;/q-1;;;+2/p-1. The van der Waals surface area contributed by atoms with Gasteiger partial charge < -0.3 is 4.79 Å². The van der Waals surface area contributed by atoms with Crippen molar-refractivity contribution in [3.63, 3.8) is 0 Å². The van der Waals surface area contributed by atoms with E-state index in [0.29, 0.717) is 0 Å². The summed E-state index contributed by atoms with van der Waals surface area (Å²) in [5.41, 5.74) is 0. The Morgan fingerprint density at radius 2 is 1.67 bits per heavy atom. The average molecular weight is 352 g/mol. The van der Waals surface area contributed by atoms with Gasteiger partial charge in [-0.2, -0.15) is 16.8 Å². The first-order valence-corrected chi connectivity index (χ1v) is 5.79. The van der Waals surface area contributed by atoms with Gasteiger partial charge in [-0.25, -0.2) is 0 Å². The molecule has 0 saturated heterocycles. The number of hydrogen-bond acceptors (Lipinski definition) is 1. The second kappa shape index (κ2) is 33.8. The van der Waals surface area contributed by atoms with Crippen LogP contribution in [-0.4, -0.2) is 6.29 Å². The molecule has 0 fully saturated rings. The van der Waals surface area contributed by atoms with E-state index in [4.69, 9.17) is 4.79 Å². The molecule has 6 heavy (non-hydrogen) atoms. The molecular weight excluding hydrogens is 346 g/mol. The summed E-state index contributed by atoms with van der Waals surface area (Å²) < 4.78 is 0. The third-order valence-corrected chi connectivity index (χ3v) is 0. The van der Waals surface area contributed by atoms with Crippen LogP contribution in [0, 0.1) is 0 Å². The second-order valence-electron chi connectivity index (χ2n) is 0.204. The van der Waals surface area contributed by atoms with E-state index in [1.165, 1.54) is 13.2 Å². The van der Waals surface area contributed by atoms with E-state index in [0.717, 1.165) is 0 Å². The third-order valence-electron chi connectivity index (χ3n) is 0. The predicted molar refractivity (Wildman–Crippen MR) is 31.4 cm³/mol. The van der Waals surface area contributed by atoms with Gasteiger partial charge in [0.1, 0.15) is 0 Å². The van der Waals surface area contributed by atoms with E-state index < -0.39 is 0 Å². The molecule has 1 unspecified atom stereocenters. The Kier molecular flexibility index (Phi) is 88.3. The van der Waals surface area contributed by atoms with Crippen molar-refractivity contribution in [2.24, 2.45) is 0 Å². The molecule has 0 heterocycles. The van der Waals surface area contributed by atoms with Gasteiger partial charge in [0.05, 0.1) is 0 Å². The molecule has 0 rings (SSSR count). The van der Waals surface area contributed by atoms with Crippen LogP contribution < -0.4 is 0 Å². The van der Waals surface area contributed by atoms with Gasteiger partial charge in [0.15, 0.2) is 0 Å². The van der Waals surface area contributed by atoms with Crippen molar-refractivity contribution in [2.75, 3.05) is 0 Å². The fourth-order valence-corrected chi connectivity index (χ4v) is 0. The molecule has 0 saturated carbocycles. The van der Waals surface area contributed by atoms with Crippen LogP contribution in [0.3, 0.4) is 0 Å². The molecule has 0 aromatic rings. The van der Waals surface area contributed by atoms with Gasteiger partial charge in [-0.3, -0.25) is 6.29 Å². The van der Waals surface area contributed by atoms with Gasteiger partial charge >= 0.3 is 31.1 Å². The molecule has 1 nitrogen and oxygen atoms in total. The molecular formula is C2H6BrOPPt. The van der Waals surface area contributed by atoms with E-state index in [-0.39, 0.29) is 9.90 Å². The van der Waals surface area contributed by atoms with Crippen molar-refractivity contribution < 1.29 is 22.6 Å². The van der Waals surface area contributed by atoms with E-state index in [2.05, 4.69) is 13.3 Å². The quantitative estimate of drug-likeness (QED) is 0.470. The van der Waals surface area contributed by atoms with Gasteiger partial charge in [-0.1, -0.05) is 0 Å². The molecule has 0 aromatic carbocycles. The number of carbonyl (C=O) groups excluding carboxylic acids is 1. The Labute approximate surface area is 58.9 Å². The topological polar surface area (TPSA) is 17.1 Å². The molecule has 4 heteroatoms. The zero-order chi connectivity index (χ0) is 4.71. The molecule has 0 amide bonds. The van der Waals surface area contributed by atoms with E-state index in [1.54, 1.807) is 0 Å². The van der Waals surface area contributed by atoms with Crippen LogP contribution in [-0.2, 0) is 22.6 Å². The SMILES string of the molecule is C[C-]=O.P.[Br][Pt+]. The monoisotopic (exact) mass is 351 g/mol. The second-order valence-corrected chi connectivity index (χ2v) is 0.204. The van der Waals surface area contributed by atoms with Crippen LogP contribution in [0.2, 0.25) is 0 Å². The summed E-state index contributed by atoms with van der Waals surface area (Å²) in [6.07, 6.45) is 1.50. The summed E-state index contributed by atoms with van der Waals surface area (Å²) in [7, 11) is 0. The van der Waals surface area contributed by atoms with Gasteiger partial charge in [0.2, 0.25) is 0 Å². The number of rotatable bonds is 0. The Morgan fingerprint density at radius 1 is 1.67 bits per heavy atom. The predicted octanol–water partition coefficient (Wildman–Crippen LogP) is 1.02. The van der Waals surface area contributed by atoms with Crippen LogP contribution >= 0.6 is 23.2 Å². The summed E-state index contributed by atoms with van der Waals surface area (Å²) in [4.78, 5) is 8.68. The molecule has 0 aliphatic heterocycles. The Hall–Kier alpha value is 1.27. The average Bonchev–Trinajstić information content (AvgIpc) is 1.46. The zero-order valence-electron chi connectivity index (χ0n) is 3.31. The van der Waals surface area contributed by atoms with Crippen LogP contribution in [0.4, 0.5) is 0 Å².